The average Bonchev–Trinajstić information content (AvgIpc) is 3.03. The molecule has 3 aromatic rings. The summed E-state index contributed by atoms with van der Waals surface area (Å²) in [6, 6.07) is 7.75. The molecular weight excluding hydrogens is 360 g/mol. The largest absolute Gasteiger partial charge is 0.478 e. The van der Waals surface area contributed by atoms with Gasteiger partial charge in [0.25, 0.3) is 5.91 Å². The van der Waals surface area contributed by atoms with E-state index in [1.165, 1.54) is 29.5 Å². The first-order valence-corrected chi connectivity index (χ1v) is 7.34. The Balaban J connectivity index is 1.87. The van der Waals surface area contributed by atoms with Gasteiger partial charge in [0.05, 0.1) is 15.8 Å². The molecule has 0 aliphatic rings. The van der Waals surface area contributed by atoms with Crippen LogP contribution in [0.15, 0.2) is 39.4 Å². The smallest absolute Gasteiger partial charge is 0.335 e. The lowest BCUT2D eigenvalue weighted by molar-refractivity contribution is 0.0697. The number of thiazole rings is 1. The number of fused-ring (bicyclic) bond motifs is 1. The number of amides is 1. The molecule has 0 aliphatic heterocycles. The van der Waals surface area contributed by atoms with Crippen LogP contribution in [0.2, 0.25) is 0 Å². The predicted octanol–water partition coefficient (Wildman–Crippen LogP) is 3.60. The van der Waals surface area contributed by atoms with Gasteiger partial charge >= 0.3 is 5.97 Å². The molecule has 0 saturated heterocycles. The van der Waals surface area contributed by atoms with Crippen molar-refractivity contribution in [1.29, 1.82) is 0 Å². The van der Waals surface area contributed by atoms with E-state index in [1.807, 2.05) is 0 Å². The number of hydrogen-bond donors (Lipinski definition) is 2. The zero-order valence-corrected chi connectivity index (χ0v) is 12.7. The van der Waals surface area contributed by atoms with Crippen molar-refractivity contribution in [2.24, 2.45) is 0 Å². The Kier molecular flexibility index (Phi) is 3.48. The molecule has 0 aliphatic carbocycles. The molecule has 2 aromatic heterocycles. The number of nitrogens with zero attached hydrogens (tertiary/aromatic N) is 1. The molecule has 6 nitrogen and oxygen atoms in total. The number of anilines is 1. The molecular formula is C13H7BrN2O4S. The number of aromatic carboxylic acids is 1. The Morgan fingerprint density at radius 3 is 2.76 bits per heavy atom. The predicted molar refractivity (Wildman–Crippen MR) is 80.9 cm³/mol. The van der Waals surface area contributed by atoms with E-state index in [9.17, 15) is 9.59 Å². The lowest BCUT2D eigenvalue weighted by atomic mass is 10.2. The molecule has 1 aromatic carbocycles. The second kappa shape index (κ2) is 5.30. The number of nitrogens with one attached hydrogen (secondary N) is 1. The highest BCUT2D eigenvalue weighted by Crippen LogP contribution is 2.27. The van der Waals surface area contributed by atoms with E-state index in [0.29, 0.717) is 20.0 Å². The van der Waals surface area contributed by atoms with Gasteiger partial charge in [-0.25, -0.2) is 9.78 Å². The quantitative estimate of drug-likeness (QED) is 0.738. The number of carbonyl (C=O) groups is 2. The molecule has 106 valence electrons. The average molecular weight is 367 g/mol. The number of rotatable bonds is 3. The van der Waals surface area contributed by atoms with Gasteiger partial charge in [-0.1, -0.05) is 11.3 Å². The molecule has 0 unspecified atom stereocenters. The molecule has 0 bridgehead atoms. The van der Waals surface area contributed by atoms with Gasteiger partial charge in [-0.2, -0.15) is 0 Å². The Labute approximate surface area is 130 Å². The van der Waals surface area contributed by atoms with Crippen LogP contribution in [0, 0.1) is 0 Å². The van der Waals surface area contributed by atoms with Gasteiger partial charge in [0.2, 0.25) is 0 Å². The second-order valence-electron chi connectivity index (χ2n) is 4.06. The van der Waals surface area contributed by atoms with Crippen molar-refractivity contribution in [2.75, 3.05) is 5.32 Å². The first-order chi connectivity index (χ1) is 10.0. The standard InChI is InChI=1S/C13H7BrN2O4S/c14-10-4-3-8(20-10)11(17)16-13-15-7-2-1-6(12(18)19)5-9(7)21-13/h1-5H,(H,18,19)(H,15,16,17). The minimum absolute atomic E-state index is 0.160. The summed E-state index contributed by atoms with van der Waals surface area (Å²) in [7, 11) is 0. The van der Waals surface area contributed by atoms with Crippen LogP contribution in [0.3, 0.4) is 0 Å². The van der Waals surface area contributed by atoms with Crippen LogP contribution in [-0.4, -0.2) is 22.0 Å². The summed E-state index contributed by atoms with van der Waals surface area (Å²) in [5.41, 5.74) is 0.805. The normalized spacial score (nSPS) is 10.7. The Hall–Kier alpha value is -2.19. The summed E-state index contributed by atoms with van der Waals surface area (Å²) in [4.78, 5) is 27.1. The van der Waals surface area contributed by atoms with Crippen molar-refractivity contribution in [3.63, 3.8) is 0 Å². The number of carboxylic acids is 1. The van der Waals surface area contributed by atoms with Gasteiger partial charge in [0.15, 0.2) is 15.6 Å². The van der Waals surface area contributed by atoms with E-state index in [2.05, 4.69) is 26.2 Å². The van der Waals surface area contributed by atoms with Crippen molar-refractivity contribution >= 4 is 54.5 Å². The molecule has 3 rings (SSSR count). The summed E-state index contributed by atoms with van der Waals surface area (Å²) >= 11 is 4.32. The van der Waals surface area contributed by atoms with E-state index in [0.717, 1.165) is 0 Å². The van der Waals surface area contributed by atoms with E-state index in [1.54, 1.807) is 12.1 Å². The lowest BCUT2D eigenvalue weighted by Gasteiger charge is -1.96. The maximum atomic E-state index is 11.9. The van der Waals surface area contributed by atoms with Gasteiger partial charge in [-0.15, -0.1) is 0 Å². The molecule has 0 spiro atoms. The third kappa shape index (κ3) is 2.81. The van der Waals surface area contributed by atoms with Crippen molar-refractivity contribution in [3.8, 4) is 0 Å². The van der Waals surface area contributed by atoms with Gasteiger partial charge in [0, 0.05) is 0 Å². The third-order valence-corrected chi connectivity index (χ3v) is 4.01. The van der Waals surface area contributed by atoms with Crippen molar-refractivity contribution in [3.05, 3.63) is 46.3 Å². The fourth-order valence-electron chi connectivity index (χ4n) is 1.71. The summed E-state index contributed by atoms with van der Waals surface area (Å²) in [6.45, 7) is 0. The molecule has 21 heavy (non-hydrogen) atoms. The zero-order valence-electron chi connectivity index (χ0n) is 10.3. The maximum absolute atomic E-state index is 11.9. The van der Waals surface area contributed by atoms with Gasteiger partial charge < -0.3 is 9.52 Å². The van der Waals surface area contributed by atoms with Crippen LogP contribution >= 0.6 is 27.3 Å². The highest BCUT2D eigenvalue weighted by atomic mass is 79.9. The number of halogens is 1. The molecule has 8 heteroatoms. The SMILES string of the molecule is O=C(O)c1ccc2nc(NC(=O)c3ccc(Br)o3)sc2c1. The molecule has 0 saturated carbocycles. The number of aromatic nitrogens is 1. The second-order valence-corrected chi connectivity index (χ2v) is 5.88. The van der Waals surface area contributed by atoms with Crippen LogP contribution in [0.5, 0.6) is 0 Å². The summed E-state index contributed by atoms with van der Waals surface area (Å²) in [5, 5.41) is 11.9. The molecule has 1 amide bonds. The van der Waals surface area contributed by atoms with Crippen molar-refractivity contribution < 1.29 is 19.1 Å². The van der Waals surface area contributed by atoms with Crippen LogP contribution < -0.4 is 5.32 Å². The monoisotopic (exact) mass is 366 g/mol. The Morgan fingerprint density at radius 2 is 2.10 bits per heavy atom. The van der Waals surface area contributed by atoms with Crippen LogP contribution in [0.1, 0.15) is 20.9 Å². The molecule has 0 fully saturated rings. The molecule has 2 N–H and O–H groups in total. The van der Waals surface area contributed by atoms with Gasteiger partial charge in [-0.3, -0.25) is 10.1 Å². The first kappa shape index (κ1) is 13.8. The highest BCUT2D eigenvalue weighted by Gasteiger charge is 2.14. The van der Waals surface area contributed by atoms with Crippen LogP contribution in [0.25, 0.3) is 10.2 Å². The summed E-state index contributed by atoms with van der Waals surface area (Å²) < 4.78 is 6.29. The molecule has 0 atom stereocenters. The number of benzene rings is 1. The maximum Gasteiger partial charge on any atom is 0.335 e. The van der Waals surface area contributed by atoms with Crippen molar-refractivity contribution in [1.82, 2.24) is 4.98 Å². The first-order valence-electron chi connectivity index (χ1n) is 5.73. The fraction of sp³-hybridized carbons (Fsp3) is 0. The molecule has 2 heterocycles. The van der Waals surface area contributed by atoms with Crippen LogP contribution in [0.4, 0.5) is 5.13 Å². The fourth-order valence-corrected chi connectivity index (χ4v) is 2.91. The number of carbonyl (C=O) groups excluding carboxylic acids is 1. The Morgan fingerprint density at radius 1 is 1.29 bits per heavy atom. The highest BCUT2D eigenvalue weighted by molar-refractivity contribution is 9.10. The molecule has 0 radical (unpaired) electrons. The minimum atomic E-state index is -1.00. The van der Waals surface area contributed by atoms with Gasteiger partial charge in [0.1, 0.15) is 0 Å². The number of carboxylic acid groups (broad SMARTS) is 1. The van der Waals surface area contributed by atoms with E-state index >= 15 is 0 Å². The van der Waals surface area contributed by atoms with Gasteiger partial charge in [-0.05, 0) is 46.3 Å². The third-order valence-electron chi connectivity index (χ3n) is 2.65. The minimum Gasteiger partial charge on any atom is -0.478 e. The van der Waals surface area contributed by atoms with E-state index in [4.69, 9.17) is 9.52 Å². The Bertz CT molecular complexity index is 855. The van der Waals surface area contributed by atoms with E-state index in [-0.39, 0.29) is 11.3 Å². The lowest BCUT2D eigenvalue weighted by Crippen LogP contribution is -2.10. The summed E-state index contributed by atoms with van der Waals surface area (Å²) in [6.07, 6.45) is 0. The van der Waals surface area contributed by atoms with E-state index < -0.39 is 11.9 Å². The number of hydrogen-bond acceptors (Lipinski definition) is 5. The zero-order chi connectivity index (χ0) is 15.0. The van der Waals surface area contributed by atoms with Crippen molar-refractivity contribution in [2.45, 2.75) is 0 Å². The number of furan rings is 1. The van der Waals surface area contributed by atoms with Crippen LogP contribution in [-0.2, 0) is 0 Å². The summed E-state index contributed by atoms with van der Waals surface area (Å²) in [5.74, 6) is -1.26. The topological polar surface area (TPSA) is 92.4 Å².